The van der Waals surface area contributed by atoms with Gasteiger partial charge in [0.15, 0.2) is 11.5 Å². The third-order valence-corrected chi connectivity index (χ3v) is 2.16. The standard InChI is InChI=1S/C11H13NO6/c1-7(13)18-11(12(14)15)8-4-5-9(16-2)10(6-8)17-3/h4-6,11H,1-3H3. The number of nitro groups is 1. The fourth-order valence-electron chi connectivity index (χ4n) is 1.40. The highest BCUT2D eigenvalue weighted by atomic mass is 16.7. The first-order valence-electron chi connectivity index (χ1n) is 5.02. The van der Waals surface area contributed by atoms with Gasteiger partial charge in [-0.05, 0) is 18.2 Å². The third kappa shape index (κ3) is 3.09. The van der Waals surface area contributed by atoms with E-state index < -0.39 is 17.1 Å². The molecule has 1 atom stereocenters. The van der Waals surface area contributed by atoms with Crippen molar-refractivity contribution in [1.82, 2.24) is 0 Å². The maximum absolute atomic E-state index is 10.8. The maximum atomic E-state index is 10.8. The van der Waals surface area contributed by atoms with Gasteiger partial charge in [0.25, 0.3) is 0 Å². The van der Waals surface area contributed by atoms with Gasteiger partial charge in [-0.15, -0.1) is 0 Å². The first-order valence-corrected chi connectivity index (χ1v) is 5.02. The summed E-state index contributed by atoms with van der Waals surface area (Å²) in [4.78, 5) is 21.0. The van der Waals surface area contributed by atoms with E-state index in [0.717, 1.165) is 6.92 Å². The molecular formula is C11H13NO6. The van der Waals surface area contributed by atoms with Gasteiger partial charge in [-0.1, -0.05) is 0 Å². The van der Waals surface area contributed by atoms with Crippen molar-refractivity contribution in [3.63, 3.8) is 0 Å². The van der Waals surface area contributed by atoms with Crippen molar-refractivity contribution in [3.05, 3.63) is 33.9 Å². The molecule has 0 aromatic heterocycles. The second-order valence-corrected chi connectivity index (χ2v) is 3.36. The molecule has 0 saturated carbocycles. The van der Waals surface area contributed by atoms with Crippen LogP contribution in [0.5, 0.6) is 11.5 Å². The summed E-state index contributed by atoms with van der Waals surface area (Å²) in [5, 5.41) is 10.8. The minimum absolute atomic E-state index is 0.202. The molecule has 0 heterocycles. The summed E-state index contributed by atoms with van der Waals surface area (Å²) in [5.74, 6) is 0.0339. The van der Waals surface area contributed by atoms with Gasteiger partial charge in [-0.2, -0.15) is 0 Å². The molecule has 0 fully saturated rings. The van der Waals surface area contributed by atoms with Crippen LogP contribution >= 0.6 is 0 Å². The Labute approximate surface area is 103 Å². The Morgan fingerprint density at radius 2 is 1.89 bits per heavy atom. The molecule has 18 heavy (non-hydrogen) atoms. The monoisotopic (exact) mass is 255 g/mol. The molecule has 0 amide bonds. The smallest absolute Gasteiger partial charge is 0.383 e. The van der Waals surface area contributed by atoms with Gasteiger partial charge in [-0.3, -0.25) is 14.9 Å². The third-order valence-electron chi connectivity index (χ3n) is 2.16. The van der Waals surface area contributed by atoms with E-state index in [1.54, 1.807) is 0 Å². The van der Waals surface area contributed by atoms with Crippen LogP contribution in [-0.4, -0.2) is 25.1 Å². The highest BCUT2D eigenvalue weighted by Crippen LogP contribution is 2.31. The van der Waals surface area contributed by atoms with Crippen LogP contribution in [0.3, 0.4) is 0 Å². The molecular weight excluding hydrogens is 242 g/mol. The summed E-state index contributed by atoms with van der Waals surface area (Å²) in [6.45, 7) is 1.11. The number of ether oxygens (including phenoxy) is 3. The van der Waals surface area contributed by atoms with E-state index in [1.807, 2.05) is 0 Å². The summed E-state index contributed by atoms with van der Waals surface area (Å²) >= 11 is 0. The van der Waals surface area contributed by atoms with E-state index in [9.17, 15) is 14.9 Å². The Morgan fingerprint density at radius 3 is 2.33 bits per heavy atom. The Balaban J connectivity index is 3.13. The van der Waals surface area contributed by atoms with Crippen LogP contribution in [0.4, 0.5) is 0 Å². The lowest BCUT2D eigenvalue weighted by Crippen LogP contribution is -2.17. The van der Waals surface area contributed by atoms with E-state index in [-0.39, 0.29) is 5.56 Å². The highest BCUT2D eigenvalue weighted by Gasteiger charge is 2.27. The average molecular weight is 255 g/mol. The van der Waals surface area contributed by atoms with Crippen LogP contribution in [0.1, 0.15) is 18.7 Å². The van der Waals surface area contributed by atoms with E-state index in [2.05, 4.69) is 4.74 Å². The predicted octanol–water partition coefficient (Wildman–Crippen LogP) is 1.54. The molecule has 0 aliphatic carbocycles. The van der Waals surface area contributed by atoms with Gasteiger partial charge in [0.1, 0.15) is 0 Å². The van der Waals surface area contributed by atoms with Gasteiger partial charge in [0.2, 0.25) is 0 Å². The minimum atomic E-state index is -1.55. The number of hydrogen-bond donors (Lipinski definition) is 0. The van der Waals surface area contributed by atoms with Gasteiger partial charge in [0.05, 0.1) is 24.7 Å². The molecule has 1 rings (SSSR count). The lowest BCUT2D eigenvalue weighted by atomic mass is 10.2. The van der Waals surface area contributed by atoms with Crippen molar-refractivity contribution in [3.8, 4) is 11.5 Å². The summed E-state index contributed by atoms with van der Waals surface area (Å²) in [6, 6.07) is 4.35. The largest absolute Gasteiger partial charge is 0.493 e. The van der Waals surface area contributed by atoms with Crippen molar-refractivity contribution in [1.29, 1.82) is 0 Å². The zero-order valence-electron chi connectivity index (χ0n) is 10.2. The summed E-state index contributed by atoms with van der Waals surface area (Å²) in [5.41, 5.74) is 0.202. The van der Waals surface area contributed by atoms with Crippen LogP contribution in [0.15, 0.2) is 18.2 Å². The summed E-state index contributed by atoms with van der Waals surface area (Å²) in [7, 11) is 2.86. The molecule has 1 unspecified atom stereocenters. The average Bonchev–Trinajstić information content (AvgIpc) is 2.34. The fraction of sp³-hybridized carbons (Fsp3) is 0.364. The number of carbonyl (C=O) groups excluding carboxylic acids is 1. The summed E-state index contributed by atoms with van der Waals surface area (Å²) < 4.78 is 14.7. The lowest BCUT2D eigenvalue weighted by molar-refractivity contribution is -0.575. The number of benzene rings is 1. The van der Waals surface area contributed by atoms with Crippen LogP contribution < -0.4 is 9.47 Å². The Kier molecular flexibility index (Phi) is 4.47. The van der Waals surface area contributed by atoms with E-state index >= 15 is 0 Å². The van der Waals surface area contributed by atoms with Crippen molar-refractivity contribution >= 4 is 5.97 Å². The lowest BCUT2D eigenvalue weighted by Gasteiger charge is -2.12. The zero-order chi connectivity index (χ0) is 13.7. The number of hydrogen-bond acceptors (Lipinski definition) is 6. The second-order valence-electron chi connectivity index (χ2n) is 3.36. The Morgan fingerprint density at radius 1 is 1.28 bits per heavy atom. The molecule has 0 bridgehead atoms. The molecule has 1 aromatic carbocycles. The minimum Gasteiger partial charge on any atom is -0.493 e. The van der Waals surface area contributed by atoms with Crippen LogP contribution in [0.2, 0.25) is 0 Å². The van der Waals surface area contributed by atoms with Crippen molar-refractivity contribution in [2.75, 3.05) is 14.2 Å². The van der Waals surface area contributed by atoms with Crippen molar-refractivity contribution in [2.45, 2.75) is 13.2 Å². The van der Waals surface area contributed by atoms with Crippen LogP contribution in [0, 0.1) is 10.1 Å². The first kappa shape index (κ1) is 13.8. The Hall–Kier alpha value is -2.31. The molecule has 0 aliphatic heterocycles. The van der Waals surface area contributed by atoms with Crippen LogP contribution in [-0.2, 0) is 9.53 Å². The molecule has 0 saturated heterocycles. The molecule has 0 spiro atoms. The van der Waals surface area contributed by atoms with E-state index in [0.29, 0.717) is 11.5 Å². The van der Waals surface area contributed by atoms with Crippen molar-refractivity contribution in [2.24, 2.45) is 0 Å². The van der Waals surface area contributed by atoms with Crippen LogP contribution in [0.25, 0.3) is 0 Å². The number of rotatable bonds is 5. The second kappa shape index (κ2) is 5.85. The first-order chi connectivity index (χ1) is 8.49. The van der Waals surface area contributed by atoms with Gasteiger partial charge in [0, 0.05) is 6.92 Å². The molecule has 0 N–H and O–H groups in total. The SMILES string of the molecule is COc1ccc(C(OC(C)=O)[N+](=O)[O-])cc1OC. The zero-order valence-corrected chi connectivity index (χ0v) is 10.2. The number of methoxy groups -OCH3 is 2. The van der Waals surface area contributed by atoms with Gasteiger partial charge in [-0.25, -0.2) is 0 Å². The fourth-order valence-corrected chi connectivity index (χ4v) is 1.40. The number of carbonyl (C=O) groups is 1. The molecule has 0 aliphatic rings. The number of nitrogens with zero attached hydrogens (tertiary/aromatic N) is 1. The van der Waals surface area contributed by atoms with Gasteiger partial charge < -0.3 is 14.2 Å². The maximum Gasteiger partial charge on any atom is 0.383 e. The molecule has 7 nitrogen and oxygen atoms in total. The molecule has 7 heteroatoms. The molecule has 1 aromatic rings. The normalized spacial score (nSPS) is 11.5. The quantitative estimate of drug-likeness (QED) is 0.343. The van der Waals surface area contributed by atoms with E-state index in [1.165, 1.54) is 32.4 Å². The summed E-state index contributed by atoms with van der Waals surface area (Å²) in [6.07, 6.45) is -1.55. The Bertz CT molecular complexity index is 459. The topological polar surface area (TPSA) is 87.9 Å². The molecule has 98 valence electrons. The predicted molar refractivity (Wildman–Crippen MR) is 61.0 cm³/mol. The molecule has 0 radical (unpaired) electrons. The van der Waals surface area contributed by atoms with E-state index in [4.69, 9.17) is 9.47 Å². The number of esters is 1. The van der Waals surface area contributed by atoms with Crippen molar-refractivity contribution < 1.29 is 23.9 Å². The van der Waals surface area contributed by atoms with Gasteiger partial charge >= 0.3 is 12.2 Å². The highest BCUT2D eigenvalue weighted by molar-refractivity contribution is 5.66.